The van der Waals surface area contributed by atoms with Gasteiger partial charge in [0, 0.05) is 17.7 Å². The van der Waals surface area contributed by atoms with Crippen molar-refractivity contribution in [2.24, 2.45) is 0 Å². The Morgan fingerprint density at radius 2 is 1.51 bits per heavy atom. The fraction of sp³-hybridized carbons (Fsp3) is 0.286. The first-order valence-corrected chi connectivity index (χ1v) is 11.7. The van der Waals surface area contributed by atoms with E-state index in [1.807, 2.05) is 0 Å². The van der Waals surface area contributed by atoms with Gasteiger partial charge in [-0.15, -0.1) is 0 Å². The third kappa shape index (κ3) is 4.74. The maximum Gasteiger partial charge on any atom is 0.397 e. The number of aromatic hydroxyl groups is 5. The van der Waals surface area contributed by atoms with Gasteiger partial charge in [0.25, 0.3) is 0 Å². The number of hydrogen-bond acceptors (Lipinski definition) is 14. The van der Waals surface area contributed by atoms with Crippen LogP contribution in [-0.4, -0.2) is 84.8 Å². The molecule has 9 N–H and O–H groups in total. The lowest BCUT2D eigenvalue weighted by atomic mass is 9.89. The van der Waals surface area contributed by atoms with Gasteiger partial charge < -0.3 is 50.0 Å². The fourth-order valence-electron chi connectivity index (χ4n) is 4.06. The van der Waals surface area contributed by atoms with Gasteiger partial charge in [-0.25, -0.2) is 4.18 Å². The molecule has 5 atom stereocenters. The van der Waals surface area contributed by atoms with Crippen LogP contribution in [0.1, 0.15) is 11.7 Å². The highest BCUT2D eigenvalue weighted by Gasteiger charge is 2.49. The zero-order valence-corrected chi connectivity index (χ0v) is 19.1. The van der Waals surface area contributed by atoms with Crippen molar-refractivity contribution in [2.45, 2.75) is 30.5 Å². The Labute approximate surface area is 206 Å². The third-order valence-electron chi connectivity index (χ3n) is 5.74. The molecule has 1 fully saturated rings. The molecule has 1 aliphatic heterocycles. The van der Waals surface area contributed by atoms with E-state index in [4.69, 9.17) is 9.15 Å². The molecule has 1 aliphatic rings. The lowest BCUT2D eigenvalue weighted by Gasteiger charge is -2.41. The van der Waals surface area contributed by atoms with Gasteiger partial charge in [-0.1, -0.05) is 0 Å². The first-order valence-electron chi connectivity index (χ1n) is 10.3. The zero-order valence-electron chi connectivity index (χ0n) is 18.3. The molecular weight excluding hydrogens is 524 g/mol. The minimum atomic E-state index is -5.31. The standard InChI is InChI=1S/C21H20O15S/c22-5-13-17(29)18(30)21(36-37(31,32)33)20(35-13)15-8(24)3-7(23)14-9(25)4-12(34-19(14)15)6-1-10(26)16(28)11(27)2-6/h1-4,13,17-18,20-24,26-30H,5H2,(H,31,32,33)/t13-,17-,18+,20+,21+/m1/s1. The molecule has 0 unspecified atom stereocenters. The van der Waals surface area contributed by atoms with Gasteiger partial charge in [0.05, 0.1) is 12.2 Å². The quantitative estimate of drug-likeness (QED) is 0.142. The van der Waals surface area contributed by atoms with Gasteiger partial charge in [-0.3, -0.25) is 9.35 Å². The number of phenols is 5. The van der Waals surface area contributed by atoms with E-state index < -0.39 is 104 Å². The monoisotopic (exact) mass is 544 g/mol. The van der Waals surface area contributed by atoms with Gasteiger partial charge in [0.1, 0.15) is 53.2 Å². The molecular formula is C21H20O15S. The predicted octanol–water partition coefficient (Wildman–Crippen LogP) is -0.670. The molecule has 2 aromatic carbocycles. The van der Waals surface area contributed by atoms with E-state index in [0.29, 0.717) is 6.07 Å². The van der Waals surface area contributed by atoms with Crippen molar-refractivity contribution >= 4 is 21.4 Å². The molecule has 0 radical (unpaired) electrons. The molecule has 0 amide bonds. The van der Waals surface area contributed by atoms with E-state index in [2.05, 4.69) is 4.18 Å². The van der Waals surface area contributed by atoms with E-state index >= 15 is 0 Å². The highest BCUT2D eigenvalue weighted by molar-refractivity contribution is 7.80. The van der Waals surface area contributed by atoms with Crippen LogP contribution < -0.4 is 5.43 Å². The number of fused-ring (bicyclic) bond motifs is 1. The molecule has 0 bridgehead atoms. The molecule has 16 heteroatoms. The Bertz CT molecular complexity index is 1510. The largest absolute Gasteiger partial charge is 0.507 e. The summed E-state index contributed by atoms with van der Waals surface area (Å²) in [7, 11) is -5.31. The van der Waals surface area contributed by atoms with E-state index in [1.54, 1.807) is 0 Å². The van der Waals surface area contributed by atoms with Gasteiger partial charge in [0.2, 0.25) is 0 Å². The normalized spacial score (nSPS) is 24.4. The minimum Gasteiger partial charge on any atom is -0.507 e. The van der Waals surface area contributed by atoms with E-state index in [9.17, 15) is 58.6 Å². The van der Waals surface area contributed by atoms with Crippen molar-refractivity contribution in [3.63, 3.8) is 0 Å². The predicted molar refractivity (Wildman–Crippen MR) is 119 cm³/mol. The average molecular weight is 544 g/mol. The number of rotatable bonds is 5. The zero-order chi connectivity index (χ0) is 27.4. The van der Waals surface area contributed by atoms with Gasteiger partial charge in [-0.05, 0) is 12.1 Å². The van der Waals surface area contributed by atoms with Crippen LogP contribution in [0.15, 0.2) is 33.5 Å². The van der Waals surface area contributed by atoms with Gasteiger partial charge in [-0.2, -0.15) is 8.42 Å². The van der Waals surface area contributed by atoms with Crippen LogP contribution in [-0.2, 0) is 19.3 Å². The lowest BCUT2D eigenvalue weighted by Crippen LogP contribution is -2.56. The van der Waals surface area contributed by atoms with Crippen LogP contribution in [0.3, 0.4) is 0 Å². The molecule has 200 valence electrons. The topological polar surface area (TPSA) is 265 Å². The Morgan fingerprint density at radius 3 is 2.08 bits per heavy atom. The summed E-state index contributed by atoms with van der Waals surface area (Å²) >= 11 is 0. The summed E-state index contributed by atoms with van der Waals surface area (Å²) in [4.78, 5) is 12.9. The van der Waals surface area contributed by atoms with Gasteiger partial charge >= 0.3 is 10.4 Å². The van der Waals surface area contributed by atoms with Crippen molar-refractivity contribution < 1.29 is 67.2 Å². The lowest BCUT2D eigenvalue weighted by molar-refractivity contribution is -0.225. The highest BCUT2D eigenvalue weighted by Crippen LogP contribution is 2.45. The van der Waals surface area contributed by atoms with Crippen LogP contribution in [0.5, 0.6) is 28.7 Å². The van der Waals surface area contributed by atoms with Crippen molar-refractivity contribution in [1.82, 2.24) is 0 Å². The number of aliphatic hydroxyl groups is 3. The number of benzene rings is 2. The van der Waals surface area contributed by atoms with Crippen LogP contribution >= 0.6 is 0 Å². The number of hydrogen-bond donors (Lipinski definition) is 9. The third-order valence-corrected chi connectivity index (χ3v) is 6.20. The molecule has 1 aromatic heterocycles. The van der Waals surface area contributed by atoms with Crippen molar-refractivity contribution in [1.29, 1.82) is 0 Å². The van der Waals surface area contributed by atoms with E-state index in [1.165, 1.54) is 0 Å². The van der Waals surface area contributed by atoms with Crippen molar-refractivity contribution in [3.8, 4) is 40.1 Å². The Kier molecular flexibility index (Phi) is 6.67. The second-order valence-electron chi connectivity index (χ2n) is 8.12. The first kappa shape index (κ1) is 26.4. The average Bonchev–Trinajstić information content (AvgIpc) is 2.80. The van der Waals surface area contributed by atoms with Crippen LogP contribution in [0, 0.1) is 0 Å². The smallest absolute Gasteiger partial charge is 0.397 e. The van der Waals surface area contributed by atoms with E-state index in [-0.39, 0.29) is 5.56 Å². The molecule has 1 saturated heterocycles. The summed E-state index contributed by atoms with van der Waals surface area (Å²) in [5.41, 5.74) is -2.36. The number of phenolic OH excluding ortho intramolecular Hbond substituents is 5. The summed E-state index contributed by atoms with van der Waals surface area (Å²) in [5.74, 6) is -4.53. The molecule has 0 spiro atoms. The van der Waals surface area contributed by atoms with Crippen LogP contribution in [0.2, 0.25) is 0 Å². The summed E-state index contributed by atoms with van der Waals surface area (Å²) in [5, 5.41) is 79.8. The van der Waals surface area contributed by atoms with Crippen LogP contribution in [0.25, 0.3) is 22.3 Å². The molecule has 3 aromatic rings. The minimum absolute atomic E-state index is 0.167. The second kappa shape index (κ2) is 9.34. The molecule has 0 saturated carbocycles. The number of aliphatic hydroxyl groups excluding tert-OH is 3. The molecule has 15 nitrogen and oxygen atoms in total. The SMILES string of the molecule is O=c1cc(-c2cc(O)c(O)c(O)c2)oc2c([C@@H]3O[C@H](CO)[C@@H](O)[C@H](O)[C@@H]3OS(=O)(=O)O)c(O)cc(O)c12. The number of ether oxygens (including phenoxy) is 1. The highest BCUT2D eigenvalue weighted by atomic mass is 32.3. The fourth-order valence-corrected chi connectivity index (χ4v) is 4.55. The van der Waals surface area contributed by atoms with E-state index in [0.717, 1.165) is 18.2 Å². The summed E-state index contributed by atoms with van der Waals surface area (Å²) in [6.45, 7) is -0.911. The van der Waals surface area contributed by atoms with Gasteiger partial charge in [0.15, 0.2) is 28.3 Å². The Balaban J connectivity index is 2.02. The Hall–Kier alpha value is -3.64. The summed E-state index contributed by atoms with van der Waals surface area (Å²) in [6.07, 6.45) is -9.75. The second-order valence-corrected chi connectivity index (χ2v) is 9.17. The molecule has 0 aliphatic carbocycles. The maximum absolute atomic E-state index is 12.9. The molecule has 37 heavy (non-hydrogen) atoms. The Morgan fingerprint density at radius 1 is 0.892 bits per heavy atom. The maximum atomic E-state index is 12.9. The molecule has 2 heterocycles. The summed E-state index contributed by atoms with van der Waals surface area (Å²) < 4.78 is 47.7. The van der Waals surface area contributed by atoms with Crippen LogP contribution in [0.4, 0.5) is 0 Å². The van der Waals surface area contributed by atoms with Crippen molar-refractivity contribution in [2.75, 3.05) is 6.61 Å². The first-order chi connectivity index (χ1) is 17.2. The summed E-state index contributed by atoms with van der Waals surface area (Å²) in [6, 6.07) is 3.32. The van der Waals surface area contributed by atoms with Crippen molar-refractivity contribution in [3.05, 3.63) is 40.1 Å². The molecule has 4 rings (SSSR count).